The van der Waals surface area contributed by atoms with Gasteiger partial charge in [-0.2, -0.15) is 0 Å². The number of aliphatic hydroxyl groups is 1. The van der Waals surface area contributed by atoms with Crippen molar-refractivity contribution in [2.75, 3.05) is 20.8 Å². The molecule has 4 nitrogen and oxygen atoms in total. The molecule has 1 atom stereocenters. The fourth-order valence-corrected chi connectivity index (χ4v) is 1.49. The van der Waals surface area contributed by atoms with Gasteiger partial charge in [-0.05, 0) is 25.0 Å². The first-order valence-corrected chi connectivity index (χ1v) is 5.13. The van der Waals surface area contributed by atoms with Crippen LogP contribution in [0, 0.1) is 0 Å². The molecule has 0 aromatic heterocycles. The van der Waals surface area contributed by atoms with Crippen molar-refractivity contribution in [1.82, 2.24) is 0 Å². The van der Waals surface area contributed by atoms with E-state index >= 15 is 0 Å². The normalized spacial score (nSPS) is 14.3. The number of rotatable bonds is 5. The van der Waals surface area contributed by atoms with Gasteiger partial charge in [-0.1, -0.05) is 6.07 Å². The summed E-state index contributed by atoms with van der Waals surface area (Å²) in [6.45, 7) is 1.73. The smallest absolute Gasteiger partial charge is 0.125 e. The molecule has 0 spiro atoms. The summed E-state index contributed by atoms with van der Waals surface area (Å²) in [5, 5.41) is 9.13. The lowest BCUT2D eigenvalue weighted by Crippen LogP contribution is -2.42. The summed E-state index contributed by atoms with van der Waals surface area (Å²) in [4.78, 5) is 0. The van der Waals surface area contributed by atoms with Crippen LogP contribution in [0.2, 0.25) is 0 Å². The second-order valence-electron chi connectivity index (χ2n) is 4.17. The van der Waals surface area contributed by atoms with Gasteiger partial charge < -0.3 is 20.3 Å². The Hall–Kier alpha value is -1.26. The second-order valence-corrected chi connectivity index (χ2v) is 4.17. The second kappa shape index (κ2) is 5.18. The topological polar surface area (TPSA) is 64.7 Å². The van der Waals surface area contributed by atoms with E-state index in [0.29, 0.717) is 6.42 Å². The third kappa shape index (κ3) is 3.12. The van der Waals surface area contributed by atoms with Gasteiger partial charge in [0.1, 0.15) is 11.5 Å². The molecule has 0 aliphatic carbocycles. The molecule has 90 valence electrons. The van der Waals surface area contributed by atoms with Gasteiger partial charge in [0.05, 0.1) is 20.8 Å². The molecule has 0 saturated heterocycles. The van der Waals surface area contributed by atoms with Crippen LogP contribution in [-0.2, 0) is 6.42 Å². The summed E-state index contributed by atoms with van der Waals surface area (Å²) in [5.74, 6) is 1.47. The number of aliphatic hydroxyl groups excluding tert-OH is 1. The Bertz CT molecular complexity index is 350. The lowest BCUT2D eigenvalue weighted by molar-refractivity contribution is 0.207. The Morgan fingerprint density at radius 2 is 2.00 bits per heavy atom. The SMILES string of the molecule is COc1ccc(CC(C)(N)CO)c(OC)c1. The van der Waals surface area contributed by atoms with Crippen LogP contribution >= 0.6 is 0 Å². The molecule has 0 radical (unpaired) electrons. The summed E-state index contributed by atoms with van der Waals surface area (Å²) in [6, 6.07) is 5.56. The fraction of sp³-hybridized carbons (Fsp3) is 0.500. The number of ether oxygens (including phenoxy) is 2. The Balaban J connectivity index is 2.96. The molecule has 3 N–H and O–H groups in total. The quantitative estimate of drug-likeness (QED) is 0.783. The Labute approximate surface area is 96.0 Å². The molecular formula is C12H19NO3. The van der Waals surface area contributed by atoms with Crippen molar-refractivity contribution in [2.45, 2.75) is 18.9 Å². The maximum absolute atomic E-state index is 9.13. The third-order valence-corrected chi connectivity index (χ3v) is 2.45. The van der Waals surface area contributed by atoms with E-state index in [-0.39, 0.29) is 6.61 Å². The average Bonchev–Trinajstić information content (AvgIpc) is 2.29. The van der Waals surface area contributed by atoms with E-state index in [1.165, 1.54) is 0 Å². The predicted molar refractivity (Wildman–Crippen MR) is 62.9 cm³/mol. The number of hydrogen-bond donors (Lipinski definition) is 2. The highest BCUT2D eigenvalue weighted by molar-refractivity contribution is 5.41. The summed E-state index contributed by atoms with van der Waals surface area (Å²) < 4.78 is 10.4. The molecular weight excluding hydrogens is 206 g/mol. The van der Waals surface area contributed by atoms with E-state index in [9.17, 15) is 0 Å². The maximum Gasteiger partial charge on any atom is 0.125 e. The van der Waals surface area contributed by atoms with E-state index in [1.54, 1.807) is 21.1 Å². The molecule has 0 fully saturated rings. The Morgan fingerprint density at radius 3 is 2.50 bits per heavy atom. The van der Waals surface area contributed by atoms with E-state index < -0.39 is 5.54 Å². The summed E-state index contributed by atoms with van der Waals surface area (Å²) in [6.07, 6.45) is 0.552. The van der Waals surface area contributed by atoms with Crippen LogP contribution in [0.5, 0.6) is 11.5 Å². The van der Waals surface area contributed by atoms with Crippen molar-refractivity contribution >= 4 is 0 Å². The molecule has 0 bridgehead atoms. The zero-order valence-electron chi connectivity index (χ0n) is 9.99. The lowest BCUT2D eigenvalue weighted by Gasteiger charge is -2.23. The van der Waals surface area contributed by atoms with Crippen molar-refractivity contribution in [3.8, 4) is 11.5 Å². The summed E-state index contributed by atoms with van der Waals surface area (Å²) in [7, 11) is 3.21. The van der Waals surface area contributed by atoms with Crippen LogP contribution < -0.4 is 15.2 Å². The van der Waals surface area contributed by atoms with Gasteiger partial charge in [-0.15, -0.1) is 0 Å². The molecule has 16 heavy (non-hydrogen) atoms. The summed E-state index contributed by atoms with van der Waals surface area (Å²) in [5.41, 5.74) is 6.23. The standard InChI is InChI=1S/C12H19NO3/c1-12(13,8-14)7-9-4-5-10(15-2)6-11(9)16-3/h4-6,14H,7-8,13H2,1-3H3. The number of nitrogens with two attached hydrogens (primary N) is 1. The highest BCUT2D eigenvalue weighted by Gasteiger charge is 2.20. The lowest BCUT2D eigenvalue weighted by atomic mass is 9.94. The first kappa shape index (κ1) is 12.8. The largest absolute Gasteiger partial charge is 0.497 e. The molecule has 4 heteroatoms. The number of methoxy groups -OCH3 is 2. The number of benzene rings is 1. The third-order valence-electron chi connectivity index (χ3n) is 2.45. The summed E-state index contributed by atoms with van der Waals surface area (Å²) >= 11 is 0. The van der Waals surface area contributed by atoms with Crippen molar-refractivity contribution in [1.29, 1.82) is 0 Å². The molecule has 0 heterocycles. The van der Waals surface area contributed by atoms with Gasteiger partial charge in [0.2, 0.25) is 0 Å². The zero-order chi connectivity index (χ0) is 12.2. The Kier molecular flexibility index (Phi) is 4.15. The molecule has 1 aromatic rings. The molecule has 1 aromatic carbocycles. The minimum absolute atomic E-state index is 0.0673. The van der Waals surface area contributed by atoms with Crippen LogP contribution in [0.15, 0.2) is 18.2 Å². The van der Waals surface area contributed by atoms with Crippen molar-refractivity contribution in [3.05, 3.63) is 23.8 Å². The molecule has 0 aliphatic heterocycles. The first-order valence-electron chi connectivity index (χ1n) is 5.13. The monoisotopic (exact) mass is 225 g/mol. The van der Waals surface area contributed by atoms with Crippen molar-refractivity contribution in [3.63, 3.8) is 0 Å². The average molecular weight is 225 g/mol. The molecule has 1 unspecified atom stereocenters. The Morgan fingerprint density at radius 1 is 1.31 bits per heavy atom. The minimum Gasteiger partial charge on any atom is -0.497 e. The van der Waals surface area contributed by atoms with Gasteiger partial charge >= 0.3 is 0 Å². The van der Waals surface area contributed by atoms with E-state index in [4.69, 9.17) is 20.3 Å². The van der Waals surface area contributed by atoms with Gasteiger partial charge in [0.25, 0.3) is 0 Å². The number of hydrogen-bond acceptors (Lipinski definition) is 4. The first-order chi connectivity index (χ1) is 7.52. The van der Waals surface area contributed by atoms with Crippen LogP contribution in [0.4, 0.5) is 0 Å². The highest BCUT2D eigenvalue weighted by atomic mass is 16.5. The van der Waals surface area contributed by atoms with Crippen LogP contribution in [-0.4, -0.2) is 31.5 Å². The van der Waals surface area contributed by atoms with Crippen LogP contribution in [0.1, 0.15) is 12.5 Å². The minimum atomic E-state index is -0.637. The fourth-order valence-electron chi connectivity index (χ4n) is 1.49. The van der Waals surface area contributed by atoms with Gasteiger partial charge in [-0.3, -0.25) is 0 Å². The van der Waals surface area contributed by atoms with Gasteiger partial charge in [-0.25, -0.2) is 0 Å². The van der Waals surface area contributed by atoms with Gasteiger partial charge in [0.15, 0.2) is 0 Å². The zero-order valence-corrected chi connectivity index (χ0v) is 9.99. The van der Waals surface area contributed by atoms with Gasteiger partial charge in [0, 0.05) is 11.6 Å². The molecule has 1 rings (SSSR count). The van der Waals surface area contributed by atoms with Crippen LogP contribution in [0.25, 0.3) is 0 Å². The van der Waals surface area contributed by atoms with E-state index in [0.717, 1.165) is 17.1 Å². The molecule has 0 aliphatic rings. The highest BCUT2D eigenvalue weighted by Crippen LogP contribution is 2.26. The van der Waals surface area contributed by atoms with E-state index in [1.807, 2.05) is 18.2 Å². The maximum atomic E-state index is 9.13. The van der Waals surface area contributed by atoms with Crippen molar-refractivity contribution in [2.24, 2.45) is 5.73 Å². The van der Waals surface area contributed by atoms with Crippen LogP contribution in [0.3, 0.4) is 0 Å². The van der Waals surface area contributed by atoms with Crippen molar-refractivity contribution < 1.29 is 14.6 Å². The molecule has 0 amide bonds. The van der Waals surface area contributed by atoms with E-state index in [2.05, 4.69) is 0 Å². The predicted octanol–water partition coefficient (Wildman–Crippen LogP) is 0.956. The molecule has 0 saturated carbocycles.